The van der Waals surface area contributed by atoms with Crippen LogP contribution in [-0.4, -0.2) is 42.5 Å². The van der Waals surface area contributed by atoms with Gasteiger partial charge >= 0.3 is 0 Å². The Morgan fingerprint density at radius 3 is 2.22 bits per heavy atom. The molecule has 2 amide bonds. The summed E-state index contributed by atoms with van der Waals surface area (Å²) in [6.45, 7) is 4.71. The molecule has 0 spiro atoms. The number of hydrogen-bond donors (Lipinski definition) is 1. The molecule has 1 atom stereocenters. The van der Waals surface area contributed by atoms with Crippen molar-refractivity contribution >= 4 is 11.8 Å². The van der Waals surface area contributed by atoms with Crippen LogP contribution in [0, 0.1) is 0 Å². The number of nitrogens with one attached hydrogen (secondary N) is 1. The highest BCUT2D eigenvalue weighted by Gasteiger charge is 2.28. The average molecular weight is 368 g/mol. The van der Waals surface area contributed by atoms with Crippen LogP contribution in [0.15, 0.2) is 60.7 Å². The van der Waals surface area contributed by atoms with Gasteiger partial charge in [-0.05, 0) is 37.5 Å². The van der Waals surface area contributed by atoms with Crippen LogP contribution in [0.25, 0.3) is 0 Å². The monoisotopic (exact) mass is 368 g/mol. The number of nitrogens with zero attached hydrogens (tertiary/aromatic N) is 1. The van der Waals surface area contributed by atoms with E-state index >= 15 is 0 Å². The molecule has 0 fully saturated rings. The quantitative estimate of drug-likeness (QED) is 0.701. The average Bonchev–Trinajstić information content (AvgIpc) is 2.71. The third kappa shape index (κ3) is 6.44. The van der Waals surface area contributed by atoms with E-state index in [1.807, 2.05) is 74.5 Å². The lowest BCUT2D eigenvalue weighted by atomic mass is 10.1. The lowest BCUT2D eigenvalue weighted by Crippen LogP contribution is -2.51. The summed E-state index contributed by atoms with van der Waals surface area (Å²) in [5.41, 5.74) is 1.13. The zero-order valence-electron chi connectivity index (χ0n) is 16.1. The van der Waals surface area contributed by atoms with E-state index in [9.17, 15) is 9.59 Å². The number of carbonyl (C=O) groups excluding carboxylic acids is 2. The van der Waals surface area contributed by atoms with Crippen LogP contribution in [0.3, 0.4) is 0 Å². The summed E-state index contributed by atoms with van der Waals surface area (Å²) in [6.07, 6.45) is 1.24. The van der Waals surface area contributed by atoms with Crippen molar-refractivity contribution in [3.05, 3.63) is 66.2 Å². The molecule has 0 heterocycles. The predicted molar refractivity (Wildman–Crippen MR) is 107 cm³/mol. The smallest absolute Gasteiger partial charge is 0.261 e. The van der Waals surface area contributed by atoms with Crippen molar-refractivity contribution in [2.24, 2.45) is 0 Å². The van der Waals surface area contributed by atoms with E-state index < -0.39 is 6.04 Å². The van der Waals surface area contributed by atoms with E-state index in [0.29, 0.717) is 31.7 Å². The zero-order chi connectivity index (χ0) is 19.5. The molecule has 5 nitrogen and oxygen atoms in total. The summed E-state index contributed by atoms with van der Waals surface area (Å²) in [7, 11) is 0. The van der Waals surface area contributed by atoms with Crippen LogP contribution in [0.5, 0.6) is 5.75 Å². The Morgan fingerprint density at radius 2 is 1.63 bits per heavy atom. The van der Waals surface area contributed by atoms with Gasteiger partial charge in [-0.25, -0.2) is 0 Å². The maximum absolute atomic E-state index is 12.9. The second kappa shape index (κ2) is 11.0. The Balaban J connectivity index is 2.08. The second-order valence-corrected chi connectivity index (χ2v) is 6.24. The number of likely N-dealkylation sites (N-methyl/N-ethyl adjacent to an activating group) is 1. The number of para-hydroxylation sites is 1. The molecule has 0 radical (unpaired) electrons. The summed E-state index contributed by atoms with van der Waals surface area (Å²) >= 11 is 0. The number of benzene rings is 2. The number of rotatable bonds is 10. The third-order valence-electron chi connectivity index (χ3n) is 4.33. The van der Waals surface area contributed by atoms with Crippen molar-refractivity contribution < 1.29 is 14.3 Å². The summed E-state index contributed by atoms with van der Waals surface area (Å²) < 4.78 is 5.61. The fourth-order valence-corrected chi connectivity index (χ4v) is 2.93. The minimum atomic E-state index is -0.500. The topological polar surface area (TPSA) is 58.6 Å². The standard InChI is InChI=1S/C22H28N2O3/c1-3-20(22(26)23-4-2)24(16-15-18-11-7-5-8-12-18)21(25)17-27-19-13-9-6-10-14-19/h5-14,20H,3-4,15-17H2,1-2H3,(H,23,26)/t20-/m0/s1. The lowest BCUT2D eigenvalue weighted by molar-refractivity contribution is -0.142. The molecule has 0 aromatic heterocycles. The summed E-state index contributed by atoms with van der Waals surface area (Å²) in [5, 5.41) is 2.83. The molecular formula is C22H28N2O3. The van der Waals surface area contributed by atoms with Gasteiger partial charge in [0.05, 0.1) is 0 Å². The molecule has 1 N–H and O–H groups in total. The fourth-order valence-electron chi connectivity index (χ4n) is 2.93. The molecule has 27 heavy (non-hydrogen) atoms. The highest BCUT2D eigenvalue weighted by atomic mass is 16.5. The molecule has 2 rings (SSSR count). The summed E-state index contributed by atoms with van der Waals surface area (Å²) in [5.74, 6) is 0.328. The molecule has 0 unspecified atom stereocenters. The first-order valence-electron chi connectivity index (χ1n) is 9.44. The van der Waals surface area contributed by atoms with E-state index in [2.05, 4.69) is 5.32 Å². The van der Waals surface area contributed by atoms with Crippen LogP contribution in [0.1, 0.15) is 25.8 Å². The Labute approximate surface area is 161 Å². The number of carbonyl (C=O) groups is 2. The molecule has 0 aliphatic rings. The molecule has 0 aliphatic heterocycles. The van der Waals surface area contributed by atoms with Crippen molar-refractivity contribution in [2.45, 2.75) is 32.7 Å². The normalized spacial score (nSPS) is 11.5. The first-order chi connectivity index (χ1) is 13.2. The highest BCUT2D eigenvalue weighted by Crippen LogP contribution is 2.12. The predicted octanol–water partition coefficient (Wildman–Crippen LogP) is 3.05. The van der Waals surface area contributed by atoms with Crippen molar-refractivity contribution in [1.29, 1.82) is 0 Å². The van der Waals surface area contributed by atoms with Crippen molar-refractivity contribution in [3.63, 3.8) is 0 Å². The Morgan fingerprint density at radius 1 is 1.00 bits per heavy atom. The lowest BCUT2D eigenvalue weighted by Gasteiger charge is -2.30. The van der Waals surface area contributed by atoms with Gasteiger partial charge in [0.1, 0.15) is 11.8 Å². The third-order valence-corrected chi connectivity index (χ3v) is 4.33. The maximum Gasteiger partial charge on any atom is 0.261 e. The SMILES string of the molecule is CCNC(=O)[C@H](CC)N(CCc1ccccc1)C(=O)COc1ccccc1. The van der Waals surface area contributed by atoms with Crippen LogP contribution in [-0.2, 0) is 16.0 Å². The molecule has 144 valence electrons. The largest absolute Gasteiger partial charge is 0.484 e. The van der Waals surface area contributed by atoms with E-state index in [1.165, 1.54) is 0 Å². The van der Waals surface area contributed by atoms with Crippen LogP contribution in [0.2, 0.25) is 0 Å². The fraction of sp³-hybridized carbons (Fsp3) is 0.364. The summed E-state index contributed by atoms with van der Waals surface area (Å²) in [4.78, 5) is 27.0. The van der Waals surface area contributed by atoms with Crippen molar-refractivity contribution in [2.75, 3.05) is 19.7 Å². The van der Waals surface area contributed by atoms with E-state index in [4.69, 9.17) is 4.74 Å². The van der Waals surface area contributed by atoms with Gasteiger partial charge in [0.15, 0.2) is 6.61 Å². The van der Waals surface area contributed by atoms with Gasteiger partial charge in [0.2, 0.25) is 5.91 Å². The van der Waals surface area contributed by atoms with E-state index in [0.717, 1.165) is 5.56 Å². The number of hydrogen-bond acceptors (Lipinski definition) is 3. The van der Waals surface area contributed by atoms with Crippen LogP contribution < -0.4 is 10.1 Å². The minimum absolute atomic E-state index is 0.0886. The second-order valence-electron chi connectivity index (χ2n) is 6.24. The van der Waals surface area contributed by atoms with Gasteiger partial charge in [-0.3, -0.25) is 9.59 Å². The Bertz CT molecular complexity index is 704. The molecule has 0 aliphatic carbocycles. The van der Waals surface area contributed by atoms with Crippen molar-refractivity contribution in [1.82, 2.24) is 10.2 Å². The minimum Gasteiger partial charge on any atom is -0.484 e. The molecule has 5 heteroatoms. The Hall–Kier alpha value is -2.82. The molecular weight excluding hydrogens is 340 g/mol. The van der Waals surface area contributed by atoms with Gasteiger partial charge in [-0.2, -0.15) is 0 Å². The van der Waals surface area contributed by atoms with Gasteiger partial charge in [-0.15, -0.1) is 0 Å². The first-order valence-corrected chi connectivity index (χ1v) is 9.44. The Kier molecular flexibility index (Phi) is 8.36. The van der Waals surface area contributed by atoms with Crippen LogP contribution >= 0.6 is 0 Å². The summed E-state index contributed by atoms with van der Waals surface area (Å²) in [6, 6.07) is 18.7. The van der Waals surface area contributed by atoms with Gasteiger partial charge in [0.25, 0.3) is 5.91 Å². The van der Waals surface area contributed by atoms with E-state index in [-0.39, 0.29) is 18.4 Å². The number of ether oxygens (including phenoxy) is 1. The van der Waals surface area contributed by atoms with E-state index in [1.54, 1.807) is 4.90 Å². The molecule has 0 saturated carbocycles. The highest BCUT2D eigenvalue weighted by molar-refractivity contribution is 5.88. The van der Waals surface area contributed by atoms with Crippen molar-refractivity contribution in [3.8, 4) is 5.75 Å². The van der Waals surface area contributed by atoms with Gasteiger partial charge < -0.3 is 15.0 Å². The molecule has 0 bridgehead atoms. The van der Waals surface area contributed by atoms with Gasteiger partial charge in [-0.1, -0.05) is 55.5 Å². The molecule has 2 aromatic carbocycles. The molecule has 2 aromatic rings. The van der Waals surface area contributed by atoms with Gasteiger partial charge in [0, 0.05) is 13.1 Å². The number of amides is 2. The zero-order valence-corrected chi connectivity index (χ0v) is 16.1. The molecule has 0 saturated heterocycles. The van der Waals surface area contributed by atoms with Crippen LogP contribution in [0.4, 0.5) is 0 Å². The first kappa shape index (κ1) is 20.5. The maximum atomic E-state index is 12.9.